The molecule has 1 aliphatic heterocycles. The summed E-state index contributed by atoms with van der Waals surface area (Å²) in [5, 5.41) is 0. The molecule has 2 unspecified atom stereocenters. The first-order valence-electron chi connectivity index (χ1n) is 6.42. The van der Waals surface area contributed by atoms with E-state index < -0.39 is 0 Å². The molecule has 100 valence electrons. The van der Waals surface area contributed by atoms with Crippen molar-refractivity contribution in [2.24, 2.45) is 11.7 Å². The molecule has 1 aliphatic rings. The molecule has 0 spiro atoms. The Balaban J connectivity index is 2.16. The van der Waals surface area contributed by atoms with Crippen molar-refractivity contribution < 1.29 is 0 Å². The predicted molar refractivity (Wildman–Crippen MR) is 80.9 cm³/mol. The Labute approximate surface area is 118 Å². The molecule has 3 nitrogen and oxygen atoms in total. The SMILES string of the molecule is CC1CN(c2ccc(CN)c(Br)c2)CC1N(C)C. The Morgan fingerprint density at radius 3 is 2.61 bits per heavy atom. The van der Waals surface area contributed by atoms with Gasteiger partial charge in [0.2, 0.25) is 0 Å². The first-order chi connectivity index (χ1) is 8.52. The third-order valence-electron chi connectivity index (χ3n) is 3.86. The van der Waals surface area contributed by atoms with Crippen LogP contribution in [0.15, 0.2) is 22.7 Å². The number of nitrogens with two attached hydrogens (primary N) is 1. The molecule has 18 heavy (non-hydrogen) atoms. The van der Waals surface area contributed by atoms with E-state index in [4.69, 9.17) is 5.73 Å². The monoisotopic (exact) mass is 311 g/mol. The highest BCUT2D eigenvalue weighted by atomic mass is 79.9. The second-order valence-electron chi connectivity index (χ2n) is 5.39. The first-order valence-corrected chi connectivity index (χ1v) is 7.22. The number of likely N-dealkylation sites (N-methyl/N-ethyl adjacent to an activating group) is 1. The van der Waals surface area contributed by atoms with Crippen LogP contribution in [-0.2, 0) is 6.54 Å². The van der Waals surface area contributed by atoms with Crippen molar-refractivity contribution in [1.29, 1.82) is 0 Å². The number of benzene rings is 1. The van der Waals surface area contributed by atoms with Crippen LogP contribution in [0.5, 0.6) is 0 Å². The van der Waals surface area contributed by atoms with E-state index in [2.05, 4.69) is 64.9 Å². The fourth-order valence-corrected chi connectivity index (χ4v) is 3.26. The van der Waals surface area contributed by atoms with Gasteiger partial charge in [0.15, 0.2) is 0 Å². The third kappa shape index (κ3) is 2.71. The van der Waals surface area contributed by atoms with Gasteiger partial charge in [0.05, 0.1) is 0 Å². The summed E-state index contributed by atoms with van der Waals surface area (Å²) in [7, 11) is 4.33. The van der Waals surface area contributed by atoms with Gasteiger partial charge in [0.25, 0.3) is 0 Å². The molecule has 1 saturated heterocycles. The van der Waals surface area contributed by atoms with Crippen molar-refractivity contribution in [2.45, 2.75) is 19.5 Å². The van der Waals surface area contributed by atoms with Crippen molar-refractivity contribution in [3.8, 4) is 0 Å². The maximum absolute atomic E-state index is 5.69. The van der Waals surface area contributed by atoms with Crippen molar-refractivity contribution in [2.75, 3.05) is 32.1 Å². The topological polar surface area (TPSA) is 32.5 Å². The van der Waals surface area contributed by atoms with Gasteiger partial charge in [0.1, 0.15) is 0 Å². The number of nitrogens with zero attached hydrogens (tertiary/aromatic N) is 2. The van der Waals surface area contributed by atoms with Crippen LogP contribution in [0.1, 0.15) is 12.5 Å². The Morgan fingerprint density at radius 1 is 1.39 bits per heavy atom. The highest BCUT2D eigenvalue weighted by Gasteiger charge is 2.31. The maximum atomic E-state index is 5.69. The van der Waals surface area contributed by atoms with Crippen molar-refractivity contribution in [3.05, 3.63) is 28.2 Å². The van der Waals surface area contributed by atoms with Gasteiger partial charge in [0, 0.05) is 35.8 Å². The molecule has 2 N–H and O–H groups in total. The lowest BCUT2D eigenvalue weighted by atomic mass is 10.1. The summed E-state index contributed by atoms with van der Waals surface area (Å²) < 4.78 is 1.11. The fraction of sp³-hybridized carbons (Fsp3) is 0.571. The van der Waals surface area contributed by atoms with Gasteiger partial charge in [-0.05, 0) is 37.7 Å². The van der Waals surface area contributed by atoms with Gasteiger partial charge in [-0.15, -0.1) is 0 Å². The smallest absolute Gasteiger partial charge is 0.0378 e. The van der Waals surface area contributed by atoms with Crippen LogP contribution in [0.4, 0.5) is 5.69 Å². The van der Waals surface area contributed by atoms with Crippen molar-refractivity contribution >= 4 is 21.6 Å². The molecular weight excluding hydrogens is 290 g/mol. The number of rotatable bonds is 3. The Bertz CT molecular complexity index is 420. The lowest BCUT2D eigenvalue weighted by Gasteiger charge is -2.23. The second-order valence-corrected chi connectivity index (χ2v) is 6.25. The molecular formula is C14H22BrN3. The highest BCUT2D eigenvalue weighted by Crippen LogP contribution is 2.29. The van der Waals surface area contributed by atoms with Crippen LogP contribution in [0, 0.1) is 5.92 Å². The van der Waals surface area contributed by atoms with Crippen LogP contribution >= 0.6 is 15.9 Å². The molecule has 0 saturated carbocycles. The number of hydrogen-bond donors (Lipinski definition) is 1. The van der Waals surface area contributed by atoms with Crippen LogP contribution in [0.2, 0.25) is 0 Å². The van der Waals surface area contributed by atoms with Gasteiger partial charge < -0.3 is 15.5 Å². The molecule has 0 amide bonds. The lowest BCUT2D eigenvalue weighted by molar-refractivity contribution is 0.266. The third-order valence-corrected chi connectivity index (χ3v) is 4.60. The Hall–Kier alpha value is -0.580. The summed E-state index contributed by atoms with van der Waals surface area (Å²) in [5.41, 5.74) is 8.14. The van der Waals surface area contributed by atoms with E-state index in [1.807, 2.05) is 0 Å². The minimum atomic E-state index is 0.581. The van der Waals surface area contributed by atoms with Crippen molar-refractivity contribution in [1.82, 2.24) is 4.90 Å². The second kappa shape index (κ2) is 5.59. The Morgan fingerprint density at radius 2 is 2.11 bits per heavy atom. The average Bonchev–Trinajstić information content (AvgIpc) is 2.71. The minimum absolute atomic E-state index is 0.581. The van der Waals surface area contributed by atoms with E-state index in [1.54, 1.807) is 0 Å². The molecule has 0 bridgehead atoms. The molecule has 1 fully saturated rings. The summed E-state index contributed by atoms with van der Waals surface area (Å²) in [6.07, 6.45) is 0. The lowest BCUT2D eigenvalue weighted by Crippen LogP contribution is -2.34. The molecule has 2 atom stereocenters. The van der Waals surface area contributed by atoms with E-state index in [9.17, 15) is 0 Å². The summed E-state index contributed by atoms with van der Waals surface area (Å²) in [4.78, 5) is 4.79. The molecule has 1 heterocycles. The zero-order valence-corrected chi connectivity index (χ0v) is 12.9. The number of halogens is 1. The maximum Gasteiger partial charge on any atom is 0.0378 e. The van der Waals surface area contributed by atoms with E-state index >= 15 is 0 Å². The fourth-order valence-electron chi connectivity index (χ4n) is 2.73. The number of hydrogen-bond acceptors (Lipinski definition) is 3. The van der Waals surface area contributed by atoms with Crippen LogP contribution in [-0.4, -0.2) is 38.1 Å². The summed E-state index contributed by atoms with van der Waals surface area (Å²) in [6.45, 7) is 5.13. The molecule has 0 aromatic heterocycles. The van der Waals surface area contributed by atoms with E-state index in [0.717, 1.165) is 23.1 Å². The molecule has 1 aromatic carbocycles. The largest absolute Gasteiger partial charge is 0.370 e. The van der Waals surface area contributed by atoms with Gasteiger partial charge in [-0.2, -0.15) is 0 Å². The van der Waals surface area contributed by atoms with E-state index in [1.165, 1.54) is 5.69 Å². The standard InChI is InChI=1S/C14H22BrN3/c1-10-8-18(9-14(10)17(2)3)12-5-4-11(7-16)13(15)6-12/h4-6,10,14H,7-9,16H2,1-3H3. The average molecular weight is 312 g/mol. The van der Waals surface area contributed by atoms with Crippen LogP contribution < -0.4 is 10.6 Å². The Kier molecular flexibility index (Phi) is 4.30. The molecule has 4 heteroatoms. The molecule has 0 aliphatic carbocycles. The van der Waals surface area contributed by atoms with Gasteiger partial charge in [-0.1, -0.05) is 28.9 Å². The number of anilines is 1. The van der Waals surface area contributed by atoms with E-state index in [-0.39, 0.29) is 0 Å². The molecule has 2 rings (SSSR count). The van der Waals surface area contributed by atoms with Crippen LogP contribution in [0.3, 0.4) is 0 Å². The minimum Gasteiger partial charge on any atom is -0.370 e. The summed E-state index contributed by atoms with van der Waals surface area (Å²) >= 11 is 3.60. The van der Waals surface area contributed by atoms with E-state index in [0.29, 0.717) is 18.5 Å². The van der Waals surface area contributed by atoms with Crippen LogP contribution in [0.25, 0.3) is 0 Å². The normalized spacial score (nSPS) is 24.0. The quantitative estimate of drug-likeness (QED) is 0.929. The predicted octanol–water partition coefficient (Wildman–Crippen LogP) is 2.29. The van der Waals surface area contributed by atoms with Gasteiger partial charge in [-0.25, -0.2) is 0 Å². The zero-order chi connectivity index (χ0) is 13.3. The highest BCUT2D eigenvalue weighted by molar-refractivity contribution is 9.10. The summed E-state index contributed by atoms with van der Waals surface area (Å²) in [5.74, 6) is 0.702. The molecule has 0 radical (unpaired) electrons. The molecule has 1 aromatic rings. The first kappa shape index (κ1) is 13.8. The van der Waals surface area contributed by atoms with Gasteiger partial charge >= 0.3 is 0 Å². The summed E-state index contributed by atoms with van der Waals surface area (Å²) in [6, 6.07) is 7.12. The van der Waals surface area contributed by atoms with Gasteiger partial charge in [-0.3, -0.25) is 0 Å². The zero-order valence-electron chi connectivity index (χ0n) is 11.4. The van der Waals surface area contributed by atoms with Crippen molar-refractivity contribution in [3.63, 3.8) is 0 Å².